The normalized spacial score (nSPS) is 11.5. The molecule has 0 saturated heterocycles. The SMILES string of the molecule is CCNC(=NCC(=O)NC(C)(C)C)NCCCc1cccc(Br)c1.I. The Kier molecular flexibility index (Phi) is 12.1. The number of aryl methyl sites for hydroxylation is 1. The number of nitrogens with zero attached hydrogens (tertiary/aromatic N) is 1. The molecule has 0 unspecified atom stereocenters. The van der Waals surface area contributed by atoms with E-state index in [2.05, 4.69) is 49.0 Å². The van der Waals surface area contributed by atoms with Gasteiger partial charge in [0.1, 0.15) is 6.54 Å². The van der Waals surface area contributed by atoms with E-state index in [0.717, 1.165) is 30.4 Å². The highest BCUT2D eigenvalue weighted by molar-refractivity contribution is 14.0. The zero-order chi connectivity index (χ0) is 18.0. The van der Waals surface area contributed by atoms with Gasteiger partial charge in [-0.1, -0.05) is 28.1 Å². The molecule has 0 aliphatic heterocycles. The first kappa shape index (κ1) is 24.2. The van der Waals surface area contributed by atoms with E-state index in [0.29, 0.717) is 5.96 Å². The smallest absolute Gasteiger partial charge is 0.242 e. The highest BCUT2D eigenvalue weighted by Crippen LogP contribution is 2.12. The number of nitrogens with one attached hydrogen (secondary N) is 3. The van der Waals surface area contributed by atoms with Crippen molar-refractivity contribution in [1.29, 1.82) is 0 Å². The van der Waals surface area contributed by atoms with Crippen LogP contribution >= 0.6 is 39.9 Å². The number of aliphatic imine (C=N–C) groups is 1. The van der Waals surface area contributed by atoms with Crippen LogP contribution in [0, 0.1) is 0 Å². The summed E-state index contributed by atoms with van der Waals surface area (Å²) in [5.41, 5.74) is 1.07. The van der Waals surface area contributed by atoms with Crippen molar-refractivity contribution in [2.24, 2.45) is 4.99 Å². The lowest BCUT2D eigenvalue weighted by Crippen LogP contribution is -2.43. The summed E-state index contributed by atoms with van der Waals surface area (Å²) >= 11 is 3.49. The van der Waals surface area contributed by atoms with Gasteiger partial charge >= 0.3 is 0 Å². The number of guanidine groups is 1. The molecular weight excluding hydrogens is 495 g/mol. The molecule has 0 bridgehead atoms. The van der Waals surface area contributed by atoms with Gasteiger partial charge in [0.25, 0.3) is 0 Å². The molecule has 1 rings (SSSR count). The molecule has 142 valence electrons. The largest absolute Gasteiger partial charge is 0.357 e. The highest BCUT2D eigenvalue weighted by Gasteiger charge is 2.13. The van der Waals surface area contributed by atoms with Gasteiger partial charge in [-0.2, -0.15) is 0 Å². The van der Waals surface area contributed by atoms with E-state index in [1.165, 1.54) is 5.56 Å². The van der Waals surface area contributed by atoms with Crippen LogP contribution in [0.25, 0.3) is 0 Å². The number of amides is 1. The molecule has 1 amide bonds. The predicted octanol–water partition coefficient (Wildman–Crippen LogP) is 3.47. The van der Waals surface area contributed by atoms with Gasteiger partial charge in [-0.05, 0) is 58.2 Å². The molecule has 1 aromatic carbocycles. The molecule has 25 heavy (non-hydrogen) atoms. The summed E-state index contributed by atoms with van der Waals surface area (Å²) in [4.78, 5) is 16.2. The Balaban J connectivity index is 0.00000576. The molecule has 1 aromatic rings. The van der Waals surface area contributed by atoms with E-state index in [1.807, 2.05) is 39.8 Å². The van der Waals surface area contributed by atoms with Gasteiger partial charge in [-0.3, -0.25) is 4.79 Å². The van der Waals surface area contributed by atoms with Gasteiger partial charge in [0.2, 0.25) is 5.91 Å². The van der Waals surface area contributed by atoms with Gasteiger partial charge in [0.05, 0.1) is 0 Å². The molecule has 0 heterocycles. The number of halogens is 2. The summed E-state index contributed by atoms with van der Waals surface area (Å²) < 4.78 is 1.10. The minimum atomic E-state index is -0.234. The Bertz CT molecular complexity index is 558. The van der Waals surface area contributed by atoms with Crippen molar-refractivity contribution in [3.8, 4) is 0 Å². The van der Waals surface area contributed by atoms with Gasteiger partial charge in [0.15, 0.2) is 5.96 Å². The Labute approximate surface area is 177 Å². The van der Waals surface area contributed by atoms with Crippen molar-refractivity contribution in [3.63, 3.8) is 0 Å². The van der Waals surface area contributed by atoms with Gasteiger partial charge < -0.3 is 16.0 Å². The molecule has 0 radical (unpaired) electrons. The van der Waals surface area contributed by atoms with Crippen LogP contribution < -0.4 is 16.0 Å². The lowest BCUT2D eigenvalue weighted by Gasteiger charge is -2.20. The third kappa shape index (κ3) is 12.2. The molecule has 5 nitrogen and oxygen atoms in total. The Morgan fingerprint density at radius 2 is 1.96 bits per heavy atom. The fraction of sp³-hybridized carbons (Fsp3) is 0.556. The van der Waals surface area contributed by atoms with Crippen molar-refractivity contribution in [1.82, 2.24) is 16.0 Å². The first-order valence-corrected chi connectivity index (χ1v) is 9.17. The van der Waals surface area contributed by atoms with Crippen LogP contribution in [0.15, 0.2) is 33.7 Å². The van der Waals surface area contributed by atoms with Gasteiger partial charge in [0, 0.05) is 23.1 Å². The van der Waals surface area contributed by atoms with Gasteiger partial charge in [-0.15, -0.1) is 24.0 Å². The molecule has 0 aliphatic carbocycles. The van der Waals surface area contributed by atoms with Crippen molar-refractivity contribution in [3.05, 3.63) is 34.3 Å². The monoisotopic (exact) mass is 524 g/mol. The summed E-state index contributed by atoms with van der Waals surface area (Å²) in [5, 5.41) is 9.34. The summed E-state index contributed by atoms with van der Waals surface area (Å²) in [6.45, 7) is 9.57. The first-order valence-electron chi connectivity index (χ1n) is 8.38. The fourth-order valence-corrected chi connectivity index (χ4v) is 2.59. The number of carbonyl (C=O) groups is 1. The van der Waals surface area contributed by atoms with Crippen LogP contribution in [-0.2, 0) is 11.2 Å². The zero-order valence-corrected chi connectivity index (χ0v) is 19.4. The number of rotatable bonds is 7. The number of hydrogen-bond acceptors (Lipinski definition) is 2. The van der Waals surface area contributed by atoms with Crippen molar-refractivity contribution in [2.75, 3.05) is 19.6 Å². The summed E-state index contributed by atoms with van der Waals surface area (Å²) in [5.74, 6) is 0.602. The van der Waals surface area contributed by atoms with E-state index >= 15 is 0 Å². The van der Waals surface area contributed by atoms with E-state index in [4.69, 9.17) is 0 Å². The molecule has 0 saturated carbocycles. The first-order chi connectivity index (χ1) is 11.3. The molecule has 0 spiro atoms. The van der Waals surface area contributed by atoms with Crippen LogP contribution in [0.1, 0.15) is 39.7 Å². The molecular formula is C18H30BrIN4O. The quantitative estimate of drug-likeness (QED) is 0.221. The second kappa shape index (κ2) is 12.5. The average Bonchev–Trinajstić information content (AvgIpc) is 2.47. The van der Waals surface area contributed by atoms with Crippen LogP contribution in [0.5, 0.6) is 0 Å². The maximum Gasteiger partial charge on any atom is 0.242 e. The van der Waals surface area contributed by atoms with E-state index < -0.39 is 0 Å². The maximum atomic E-state index is 11.8. The minimum absolute atomic E-state index is 0. The fourth-order valence-electron chi connectivity index (χ4n) is 2.14. The average molecular weight is 525 g/mol. The van der Waals surface area contributed by atoms with E-state index in [1.54, 1.807) is 0 Å². The zero-order valence-electron chi connectivity index (χ0n) is 15.5. The molecule has 0 aromatic heterocycles. The molecule has 0 aliphatic rings. The number of carbonyl (C=O) groups excluding carboxylic acids is 1. The topological polar surface area (TPSA) is 65.5 Å². The summed E-state index contributed by atoms with van der Waals surface area (Å²) in [7, 11) is 0. The standard InChI is InChI=1S/C18H29BrN4O.HI/c1-5-20-17(22-13-16(24)23-18(2,3)4)21-11-7-9-14-8-6-10-15(19)12-14;/h6,8,10,12H,5,7,9,11,13H2,1-4H3,(H,23,24)(H2,20,21,22);1H. The van der Waals surface area contributed by atoms with Crippen molar-refractivity contribution < 1.29 is 4.79 Å². The molecule has 0 fully saturated rings. The van der Waals surface area contributed by atoms with Crippen molar-refractivity contribution >= 4 is 51.8 Å². The van der Waals surface area contributed by atoms with Crippen LogP contribution in [-0.4, -0.2) is 37.0 Å². The second-order valence-electron chi connectivity index (χ2n) is 6.65. The number of benzene rings is 1. The summed E-state index contributed by atoms with van der Waals surface area (Å²) in [6.07, 6.45) is 1.99. The number of hydrogen-bond donors (Lipinski definition) is 3. The minimum Gasteiger partial charge on any atom is -0.357 e. The molecule has 3 N–H and O–H groups in total. The molecule has 7 heteroatoms. The van der Waals surface area contributed by atoms with Crippen LogP contribution in [0.2, 0.25) is 0 Å². The Hall–Kier alpha value is -0.830. The lowest BCUT2D eigenvalue weighted by molar-refractivity contribution is -0.121. The third-order valence-corrected chi connectivity index (χ3v) is 3.56. The molecule has 0 atom stereocenters. The highest BCUT2D eigenvalue weighted by atomic mass is 127. The Morgan fingerprint density at radius 1 is 1.24 bits per heavy atom. The van der Waals surface area contributed by atoms with E-state index in [-0.39, 0.29) is 42.0 Å². The maximum absolute atomic E-state index is 11.8. The van der Waals surface area contributed by atoms with Crippen molar-refractivity contribution in [2.45, 2.75) is 46.1 Å². The predicted molar refractivity (Wildman–Crippen MR) is 120 cm³/mol. The summed E-state index contributed by atoms with van der Waals surface area (Å²) in [6, 6.07) is 8.34. The lowest BCUT2D eigenvalue weighted by atomic mass is 10.1. The van der Waals surface area contributed by atoms with Crippen LogP contribution in [0.3, 0.4) is 0 Å². The third-order valence-electron chi connectivity index (χ3n) is 3.06. The van der Waals surface area contributed by atoms with Gasteiger partial charge in [-0.25, -0.2) is 4.99 Å². The second-order valence-corrected chi connectivity index (χ2v) is 7.57. The van der Waals surface area contributed by atoms with Crippen LogP contribution in [0.4, 0.5) is 0 Å². The Morgan fingerprint density at radius 3 is 2.56 bits per heavy atom. The van der Waals surface area contributed by atoms with E-state index in [9.17, 15) is 4.79 Å².